The van der Waals surface area contributed by atoms with Gasteiger partial charge in [0.15, 0.2) is 0 Å². The van der Waals surface area contributed by atoms with Crippen LogP contribution in [0.1, 0.15) is 24.5 Å². The Morgan fingerprint density at radius 3 is 2.80 bits per heavy atom. The molecule has 2 atom stereocenters. The molecule has 0 radical (unpaired) electrons. The van der Waals surface area contributed by atoms with Crippen LogP contribution in [0.4, 0.5) is 0 Å². The fraction of sp³-hybridized carbons (Fsp3) is 0.385. The summed E-state index contributed by atoms with van der Waals surface area (Å²) in [5.74, 6) is 0. The molecule has 0 spiro atoms. The fourth-order valence-electron chi connectivity index (χ4n) is 1.84. The summed E-state index contributed by atoms with van der Waals surface area (Å²) in [5, 5.41) is 0. The second-order valence-electron chi connectivity index (χ2n) is 3.73. The second kappa shape index (κ2) is 5.10. The highest BCUT2D eigenvalue weighted by Crippen LogP contribution is 2.28. The number of hydrogen-bond acceptors (Lipinski definition) is 2. The second-order valence-corrected chi connectivity index (χ2v) is 3.73. The molecule has 0 amide bonds. The van der Waals surface area contributed by atoms with Gasteiger partial charge >= 0.3 is 0 Å². The van der Waals surface area contributed by atoms with Crippen LogP contribution in [0.15, 0.2) is 43.0 Å². The van der Waals surface area contributed by atoms with Gasteiger partial charge < -0.3 is 9.47 Å². The topological polar surface area (TPSA) is 18.5 Å². The van der Waals surface area contributed by atoms with Crippen molar-refractivity contribution in [3.05, 3.63) is 48.6 Å². The SMILES string of the molecule is C=CCC1C[C@@H](c2ccccc2)OCO1. The highest BCUT2D eigenvalue weighted by molar-refractivity contribution is 5.18. The maximum atomic E-state index is 5.58. The lowest BCUT2D eigenvalue weighted by atomic mass is 10.0. The first kappa shape index (κ1) is 10.4. The van der Waals surface area contributed by atoms with Crippen molar-refractivity contribution >= 4 is 0 Å². The Balaban J connectivity index is 2.01. The maximum absolute atomic E-state index is 5.58. The minimum absolute atomic E-state index is 0.171. The van der Waals surface area contributed by atoms with Crippen molar-refractivity contribution in [1.29, 1.82) is 0 Å². The van der Waals surface area contributed by atoms with E-state index in [-0.39, 0.29) is 12.2 Å². The van der Waals surface area contributed by atoms with Crippen LogP contribution in [0.3, 0.4) is 0 Å². The normalized spacial score (nSPS) is 26.1. The highest BCUT2D eigenvalue weighted by atomic mass is 16.7. The molecule has 80 valence electrons. The Labute approximate surface area is 90.5 Å². The molecule has 1 aliphatic heterocycles. The van der Waals surface area contributed by atoms with Crippen LogP contribution in [0, 0.1) is 0 Å². The van der Waals surface area contributed by atoms with E-state index in [9.17, 15) is 0 Å². The van der Waals surface area contributed by atoms with Crippen LogP contribution in [0.25, 0.3) is 0 Å². The zero-order chi connectivity index (χ0) is 10.5. The maximum Gasteiger partial charge on any atom is 0.147 e. The van der Waals surface area contributed by atoms with E-state index >= 15 is 0 Å². The fourth-order valence-corrected chi connectivity index (χ4v) is 1.84. The van der Waals surface area contributed by atoms with Gasteiger partial charge in [-0.3, -0.25) is 0 Å². The number of hydrogen-bond donors (Lipinski definition) is 0. The van der Waals surface area contributed by atoms with Crippen molar-refractivity contribution in [1.82, 2.24) is 0 Å². The Kier molecular flexibility index (Phi) is 3.54. The predicted molar refractivity (Wildman–Crippen MR) is 59.4 cm³/mol. The van der Waals surface area contributed by atoms with Crippen molar-refractivity contribution in [3.8, 4) is 0 Å². The molecule has 0 N–H and O–H groups in total. The summed E-state index contributed by atoms with van der Waals surface area (Å²) in [4.78, 5) is 0. The summed E-state index contributed by atoms with van der Waals surface area (Å²) in [6.45, 7) is 4.12. The van der Waals surface area contributed by atoms with Crippen LogP contribution < -0.4 is 0 Å². The predicted octanol–water partition coefficient (Wildman–Crippen LogP) is 3.07. The molecule has 1 saturated heterocycles. The first-order valence-corrected chi connectivity index (χ1v) is 5.29. The summed E-state index contributed by atoms with van der Waals surface area (Å²) >= 11 is 0. The van der Waals surface area contributed by atoms with E-state index in [0.717, 1.165) is 12.8 Å². The van der Waals surface area contributed by atoms with Gasteiger partial charge in [0.2, 0.25) is 0 Å². The molecule has 1 heterocycles. The van der Waals surface area contributed by atoms with Gasteiger partial charge in [-0.2, -0.15) is 0 Å². The molecule has 1 aromatic carbocycles. The molecule has 15 heavy (non-hydrogen) atoms. The number of ether oxygens (including phenoxy) is 2. The Morgan fingerprint density at radius 2 is 2.07 bits per heavy atom. The lowest BCUT2D eigenvalue weighted by Crippen LogP contribution is -2.26. The molecule has 1 aromatic rings. The van der Waals surface area contributed by atoms with Crippen molar-refractivity contribution in [2.75, 3.05) is 6.79 Å². The molecular weight excluding hydrogens is 188 g/mol. The van der Waals surface area contributed by atoms with E-state index < -0.39 is 0 Å². The summed E-state index contributed by atoms with van der Waals surface area (Å²) in [5.41, 5.74) is 1.23. The lowest BCUT2D eigenvalue weighted by Gasteiger charge is -2.29. The lowest BCUT2D eigenvalue weighted by molar-refractivity contribution is -0.176. The molecule has 2 nitrogen and oxygen atoms in total. The van der Waals surface area contributed by atoms with Crippen LogP contribution in [0.2, 0.25) is 0 Å². The molecule has 1 aliphatic rings. The molecule has 2 heteroatoms. The highest BCUT2D eigenvalue weighted by Gasteiger charge is 2.23. The van der Waals surface area contributed by atoms with Crippen molar-refractivity contribution < 1.29 is 9.47 Å². The smallest absolute Gasteiger partial charge is 0.147 e. The monoisotopic (exact) mass is 204 g/mol. The van der Waals surface area contributed by atoms with Gasteiger partial charge in [-0.1, -0.05) is 36.4 Å². The van der Waals surface area contributed by atoms with Crippen molar-refractivity contribution in [2.45, 2.75) is 25.0 Å². The first-order chi connectivity index (χ1) is 7.40. The van der Waals surface area contributed by atoms with Crippen LogP contribution >= 0.6 is 0 Å². The largest absolute Gasteiger partial charge is 0.352 e. The Hall–Kier alpha value is -1.12. The molecule has 0 aromatic heterocycles. The van der Waals surface area contributed by atoms with Gasteiger partial charge in [0.05, 0.1) is 12.2 Å². The van der Waals surface area contributed by atoms with E-state index in [1.807, 2.05) is 24.3 Å². The van der Waals surface area contributed by atoms with Crippen LogP contribution in [0.5, 0.6) is 0 Å². The van der Waals surface area contributed by atoms with E-state index in [2.05, 4.69) is 18.7 Å². The molecule has 1 fully saturated rings. The molecule has 0 saturated carbocycles. The molecule has 0 bridgehead atoms. The van der Waals surface area contributed by atoms with Crippen molar-refractivity contribution in [3.63, 3.8) is 0 Å². The van der Waals surface area contributed by atoms with E-state index in [1.165, 1.54) is 5.56 Å². The molecule has 2 rings (SSSR count). The summed E-state index contributed by atoms with van der Waals surface area (Å²) < 4.78 is 11.1. The molecule has 0 aliphatic carbocycles. The Morgan fingerprint density at radius 1 is 1.27 bits per heavy atom. The third kappa shape index (κ3) is 2.67. The standard InChI is InChI=1S/C13H16O2/c1-2-6-12-9-13(15-10-14-12)11-7-4-3-5-8-11/h2-5,7-8,12-13H,1,6,9-10H2/t12?,13-/m0/s1. The van der Waals surface area contributed by atoms with Gasteiger partial charge in [0.1, 0.15) is 6.79 Å². The molecular formula is C13H16O2. The van der Waals surface area contributed by atoms with Gasteiger partial charge in [-0.15, -0.1) is 6.58 Å². The number of rotatable bonds is 3. The van der Waals surface area contributed by atoms with Gasteiger partial charge in [0.25, 0.3) is 0 Å². The van der Waals surface area contributed by atoms with Gasteiger partial charge in [-0.05, 0) is 12.0 Å². The third-order valence-corrected chi connectivity index (χ3v) is 2.65. The van der Waals surface area contributed by atoms with E-state index in [1.54, 1.807) is 0 Å². The quantitative estimate of drug-likeness (QED) is 0.704. The average Bonchev–Trinajstić information content (AvgIpc) is 2.31. The average molecular weight is 204 g/mol. The summed E-state index contributed by atoms with van der Waals surface area (Å²) in [7, 11) is 0. The van der Waals surface area contributed by atoms with E-state index in [4.69, 9.17) is 9.47 Å². The third-order valence-electron chi connectivity index (χ3n) is 2.65. The van der Waals surface area contributed by atoms with Gasteiger partial charge in [-0.25, -0.2) is 0 Å². The molecule has 1 unspecified atom stereocenters. The van der Waals surface area contributed by atoms with Gasteiger partial charge in [0, 0.05) is 6.42 Å². The minimum atomic E-state index is 0.171. The zero-order valence-corrected chi connectivity index (χ0v) is 8.76. The zero-order valence-electron chi connectivity index (χ0n) is 8.76. The summed E-state index contributed by atoms with van der Waals surface area (Å²) in [6.07, 6.45) is 4.13. The van der Waals surface area contributed by atoms with E-state index in [0.29, 0.717) is 6.79 Å². The Bertz CT molecular complexity index is 308. The minimum Gasteiger partial charge on any atom is -0.352 e. The van der Waals surface area contributed by atoms with Crippen LogP contribution in [-0.2, 0) is 9.47 Å². The van der Waals surface area contributed by atoms with Crippen molar-refractivity contribution in [2.24, 2.45) is 0 Å². The number of benzene rings is 1. The summed E-state index contributed by atoms with van der Waals surface area (Å²) in [6, 6.07) is 10.3. The first-order valence-electron chi connectivity index (χ1n) is 5.29. The van der Waals surface area contributed by atoms with Crippen LogP contribution in [-0.4, -0.2) is 12.9 Å².